The summed E-state index contributed by atoms with van der Waals surface area (Å²) in [6.45, 7) is 4.85. The highest BCUT2D eigenvalue weighted by Gasteiger charge is 2.32. The molecule has 4 heteroatoms. The lowest BCUT2D eigenvalue weighted by Gasteiger charge is -2.16. The molecule has 19 heavy (non-hydrogen) atoms. The first-order valence-electron chi connectivity index (χ1n) is 6.71. The van der Waals surface area contributed by atoms with Gasteiger partial charge >= 0.3 is 5.97 Å². The van der Waals surface area contributed by atoms with E-state index in [1.807, 2.05) is 0 Å². The van der Waals surface area contributed by atoms with Gasteiger partial charge in [-0.2, -0.15) is 0 Å². The van der Waals surface area contributed by atoms with Crippen LogP contribution in [0.15, 0.2) is 24.3 Å². The molecule has 1 fully saturated rings. The van der Waals surface area contributed by atoms with Gasteiger partial charge in [-0.15, -0.1) is 0 Å². The highest BCUT2D eigenvalue weighted by molar-refractivity contribution is 5.87. The van der Waals surface area contributed by atoms with Gasteiger partial charge in [0.25, 0.3) is 0 Å². The van der Waals surface area contributed by atoms with E-state index in [4.69, 9.17) is 9.84 Å². The van der Waals surface area contributed by atoms with Gasteiger partial charge in [0, 0.05) is 13.1 Å². The topological polar surface area (TPSA) is 49.8 Å². The number of nitrogens with zero attached hydrogens (tertiary/aromatic N) is 1. The van der Waals surface area contributed by atoms with Crippen molar-refractivity contribution in [1.82, 2.24) is 4.90 Å². The number of ether oxygens (including phenoxy) is 1. The zero-order valence-electron chi connectivity index (χ0n) is 11.5. The van der Waals surface area contributed by atoms with Crippen LogP contribution in [0.4, 0.5) is 0 Å². The van der Waals surface area contributed by atoms with Gasteiger partial charge in [0.15, 0.2) is 0 Å². The van der Waals surface area contributed by atoms with Crippen molar-refractivity contribution in [3.63, 3.8) is 0 Å². The minimum Gasteiger partial charge on any atom is -0.492 e. The molecule has 0 heterocycles. The zero-order valence-corrected chi connectivity index (χ0v) is 11.5. The van der Waals surface area contributed by atoms with Crippen molar-refractivity contribution in [3.8, 4) is 5.75 Å². The predicted octanol–water partition coefficient (Wildman–Crippen LogP) is 2.35. The fourth-order valence-corrected chi connectivity index (χ4v) is 2.18. The molecule has 1 aliphatic carbocycles. The Morgan fingerprint density at radius 2 is 2.26 bits per heavy atom. The van der Waals surface area contributed by atoms with Crippen LogP contribution in [0.2, 0.25) is 0 Å². The average Bonchev–Trinajstić information content (AvgIpc) is 3.05. The summed E-state index contributed by atoms with van der Waals surface area (Å²) in [5.74, 6) is 1.41. The van der Waals surface area contributed by atoms with Crippen LogP contribution in [0.3, 0.4) is 0 Å². The molecule has 2 unspecified atom stereocenters. The van der Waals surface area contributed by atoms with E-state index in [1.165, 1.54) is 6.42 Å². The summed E-state index contributed by atoms with van der Waals surface area (Å²) in [6.07, 6.45) is 1.34. The van der Waals surface area contributed by atoms with Gasteiger partial charge < -0.3 is 14.7 Å². The second-order valence-electron chi connectivity index (χ2n) is 5.42. The summed E-state index contributed by atoms with van der Waals surface area (Å²) < 4.78 is 5.59. The average molecular weight is 263 g/mol. The van der Waals surface area contributed by atoms with Crippen LogP contribution in [0.25, 0.3) is 0 Å². The van der Waals surface area contributed by atoms with Crippen molar-refractivity contribution >= 4 is 5.97 Å². The number of likely N-dealkylation sites (N-methyl/N-ethyl adjacent to an activating group) is 1. The molecule has 1 aromatic carbocycles. The molecular formula is C15H21NO3. The quantitative estimate of drug-likeness (QED) is 0.820. The molecule has 0 amide bonds. The van der Waals surface area contributed by atoms with E-state index < -0.39 is 5.97 Å². The van der Waals surface area contributed by atoms with Gasteiger partial charge in [0.1, 0.15) is 12.4 Å². The minimum absolute atomic E-state index is 0.262. The largest absolute Gasteiger partial charge is 0.492 e. The lowest BCUT2D eigenvalue weighted by molar-refractivity contribution is 0.0696. The van der Waals surface area contributed by atoms with Crippen molar-refractivity contribution in [3.05, 3.63) is 29.8 Å². The van der Waals surface area contributed by atoms with E-state index >= 15 is 0 Å². The summed E-state index contributed by atoms with van der Waals surface area (Å²) in [7, 11) is 2.10. The molecule has 1 aliphatic rings. The van der Waals surface area contributed by atoms with Crippen molar-refractivity contribution in [2.45, 2.75) is 13.3 Å². The standard InChI is InChI=1S/C15H21NO3/c1-11-8-13(11)10-16(2)6-7-19-14-5-3-4-12(9-14)15(17)18/h3-5,9,11,13H,6-8,10H2,1-2H3,(H,17,18). The van der Waals surface area contributed by atoms with Crippen molar-refractivity contribution in [1.29, 1.82) is 0 Å². The Morgan fingerprint density at radius 1 is 1.53 bits per heavy atom. The smallest absolute Gasteiger partial charge is 0.335 e. The third kappa shape index (κ3) is 4.24. The highest BCUT2D eigenvalue weighted by Crippen LogP contribution is 2.37. The first kappa shape index (κ1) is 13.9. The molecule has 4 nitrogen and oxygen atoms in total. The molecule has 1 aromatic rings. The number of carboxylic acid groups (broad SMARTS) is 1. The molecule has 0 radical (unpaired) electrons. The third-order valence-corrected chi connectivity index (χ3v) is 3.65. The molecule has 0 aliphatic heterocycles. The highest BCUT2D eigenvalue weighted by atomic mass is 16.5. The Hall–Kier alpha value is -1.55. The number of rotatable bonds is 7. The van der Waals surface area contributed by atoms with Crippen molar-refractivity contribution in [2.75, 3.05) is 26.7 Å². The number of carbonyl (C=O) groups is 1. The molecule has 2 rings (SSSR count). The maximum atomic E-state index is 10.8. The second kappa shape index (κ2) is 6.06. The van der Waals surface area contributed by atoms with Gasteiger partial charge in [0.05, 0.1) is 5.56 Å². The predicted molar refractivity (Wildman–Crippen MR) is 73.7 cm³/mol. The fourth-order valence-electron chi connectivity index (χ4n) is 2.18. The number of hydrogen-bond donors (Lipinski definition) is 1. The van der Waals surface area contributed by atoms with E-state index in [9.17, 15) is 4.79 Å². The Kier molecular flexibility index (Phi) is 4.43. The number of aromatic carboxylic acids is 1. The Labute approximate surface area is 114 Å². The van der Waals surface area contributed by atoms with E-state index in [2.05, 4.69) is 18.9 Å². The van der Waals surface area contributed by atoms with E-state index in [0.717, 1.165) is 24.9 Å². The molecule has 1 saturated carbocycles. The van der Waals surface area contributed by atoms with E-state index in [1.54, 1.807) is 24.3 Å². The normalized spacial score (nSPS) is 21.4. The first-order chi connectivity index (χ1) is 9.06. The Morgan fingerprint density at radius 3 is 2.89 bits per heavy atom. The number of hydrogen-bond acceptors (Lipinski definition) is 3. The van der Waals surface area contributed by atoms with Crippen LogP contribution in [-0.2, 0) is 0 Å². The molecule has 0 spiro atoms. The minimum atomic E-state index is -0.926. The van der Waals surface area contributed by atoms with Gasteiger partial charge in [-0.25, -0.2) is 4.79 Å². The maximum absolute atomic E-state index is 10.8. The Bertz CT molecular complexity index is 447. The lowest BCUT2D eigenvalue weighted by Crippen LogP contribution is -2.26. The van der Waals surface area contributed by atoms with Crippen LogP contribution < -0.4 is 4.74 Å². The zero-order chi connectivity index (χ0) is 13.8. The van der Waals surface area contributed by atoms with Crippen molar-refractivity contribution in [2.24, 2.45) is 11.8 Å². The maximum Gasteiger partial charge on any atom is 0.335 e. The van der Waals surface area contributed by atoms with Crippen LogP contribution in [0.1, 0.15) is 23.7 Å². The number of carboxylic acids is 1. The number of benzene rings is 1. The molecule has 2 atom stereocenters. The van der Waals surface area contributed by atoms with Crippen LogP contribution in [-0.4, -0.2) is 42.7 Å². The molecule has 0 saturated heterocycles. The summed E-state index contributed by atoms with van der Waals surface area (Å²) in [6, 6.07) is 6.62. The summed E-state index contributed by atoms with van der Waals surface area (Å²) in [4.78, 5) is 13.1. The SMILES string of the molecule is CC1CC1CN(C)CCOc1cccc(C(=O)O)c1. The third-order valence-electron chi connectivity index (χ3n) is 3.65. The van der Waals surface area contributed by atoms with E-state index in [-0.39, 0.29) is 5.56 Å². The molecule has 104 valence electrons. The Balaban J connectivity index is 1.72. The van der Waals surface area contributed by atoms with Gasteiger partial charge in [-0.3, -0.25) is 0 Å². The van der Waals surface area contributed by atoms with Gasteiger partial charge in [0.2, 0.25) is 0 Å². The van der Waals surface area contributed by atoms with Crippen LogP contribution >= 0.6 is 0 Å². The monoisotopic (exact) mass is 263 g/mol. The summed E-state index contributed by atoms with van der Waals surface area (Å²) in [5, 5.41) is 8.89. The van der Waals surface area contributed by atoms with Gasteiger partial charge in [-0.1, -0.05) is 13.0 Å². The summed E-state index contributed by atoms with van der Waals surface area (Å²) >= 11 is 0. The second-order valence-corrected chi connectivity index (χ2v) is 5.42. The van der Waals surface area contributed by atoms with Crippen LogP contribution in [0.5, 0.6) is 5.75 Å². The molecule has 0 aromatic heterocycles. The van der Waals surface area contributed by atoms with Gasteiger partial charge in [-0.05, 0) is 43.5 Å². The fraction of sp³-hybridized carbons (Fsp3) is 0.533. The molecule has 1 N–H and O–H groups in total. The molecule has 0 bridgehead atoms. The molecular weight excluding hydrogens is 242 g/mol. The summed E-state index contributed by atoms with van der Waals surface area (Å²) in [5.41, 5.74) is 0.262. The van der Waals surface area contributed by atoms with Crippen molar-refractivity contribution < 1.29 is 14.6 Å². The van der Waals surface area contributed by atoms with Crippen LogP contribution in [0, 0.1) is 11.8 Å². The first-order valence-corrected chi connectivity index (χ1v) is 6.71. The lowest BCUT2D eigenvalue weighted by atomic mass is 10.2. The van der Waals surface area contributed by atoms with E-state index in [0.29, 0.717) is 12.4 Å².